The molecule has 0 radical (unpaired) electrons. The molecule has 5 nitrogen and oxygen atoms in total. The van der Waals surface area contributed by atoms with Crippen molar-refractivity contribution in [2.45, 2.75) is 12.3 Å². The second-order valence-corrected chi connectivity index (χ2v) is 6.27. The Labute approximate surface area is 147 Å². The fraction of sp³-hybridized carbons (Fsp3) is 0.300. The number of likely N-dealkylation sites (tertiary alicyclic amines) is 1. The first-order chi connectivity index (χ1) is 12.4. The molecule has 0 amide bonds. The Morgan fingerprint density at radius 1 is 1.04 bits per heavy atom. The lowest BCUT2D eigenvalue weighted by atomic mass is 10.1. The minimum atomic E-state index is 0.307. The fourth-order valence-corrected chi connectivity index (χ4v) is 3.15. The van der Waals surface area contributed by atoms with E-state index >= 15 is 0 Å². The second kappa shape index (κ2) is 7.49. The highest BCUT2D eigenvalue weighted by Gasteiger charge is 2.28. The summed E-state index contributed by atoms with van der Waals surface area (Å²) < 4.78 is 11.3. The molecule has 1 atom stereocenters. The van der Waals surface area contributed by atoms with Gasteiger partial charge in [-0.05, 0) is 25.1 Å². The molecule has 0 unspecified atom stereocenters. The van der Waals surface area contributed by atoms with Gasteiger partial charge in [-0.2, -0.15) is 4.98 Å². The molecular weight excluding hydrogens is 314 g/mol. The topological polar surface area (TPSA) is 51.4 Å². The molecule has 4 rings (SSSR count). The van der Waals surface area contributed by atoms with Gasteiger partial charge in [-0.15, -0.1) is 0 Å². The maximum atomic E-state index is 5.78. The molecule has 0 spiro atoms. The van der Waals surface area contributed by atoms with Crippen LogP contribution in [-0.4, -0.2) is 41.3 Å². The smallest absolute Gasteiger partial charge is 0.231 e. The molecule has 0 bridgehead atoms. The van der Waals surface area contributed by atoms with Gasteiger partial charge in [0.05, 0.1) is 5.92 Å². The van der Waals surface area contributed by atoms with Crippen molar-refractivity contribution in [3.8, 4) is 17.1 Å². The molecule has 128 valence electrons. The summed E-state index contributed by atoms with van der Waals surface area (Å²) in [6.45, 7) is 3.57. The zero-order valence-corrected chi connectivity index (χ0v) is 14.0. The number of hydrogen-bond donors (Lipinski definition) is 0. The summed E-state index contributed by atoms with van der Waals surface area (Å²) in [6.07, 6.45) is 1.04. The summed E-state index contributed by atoms with van der Waals surface area (Å²) in [6, 6.07) is 19.9. The fourth-order valence-electron chi connectivity index (χ4n) is 3.15. The van der Waals surface area contributed by atoms with Gasteiger partial charge in [-0.3, -0.25) is 4.90 Å². The van der Waals surface area contributed by atoms with Gasteiger partial charge in [0, 0.05) is 18.7 Å². The maximum Gasteiger partial charge on any atom is 0.231 e. The molecule has 1 fully saturated rings. The molecule has 0 saturated carbocycles. The van der Waals surface area contributed by atoms with Crippen molar-refractivity contribution < 1.29 is 9.26 Å². The molecule has 0 aliphatic carbocycles. The molecule has 1 saturated heterocycles. The first kappa shape index (κ1) is 15.8. The van der Waals surface area contributed by atoms with Crippen molar-refractivity contribution in [2.24, 2.45) is 0 Å². The summed E-state index contributed by atoms with van der Waals surface area (Å²) in [7, 11) is 0. The Morgan fingerprint density at radius 2 is 1.80 bits per heavy atom. The average molecular weight is 335 g/mol. The summed E-state index contributed by atoms with van der Waals surface area (Å²) in [4.78, 5) is 6.98. The molecule has 1 aliphatic rings. The van der Waals surface area contributed by atoms with Gasteiger partial charge in [-0.1, -0.05) is 53.7 Å². The van der Waals surface area contributed by atoms with Crippen LogP contribution in [0.2, 0.25) is 0 Å². The number of rotatable bonds is 6. The number of nitrogens with zero attached hydrogens (tertiary/aromatic N) is 3. The van der Waals surface area contributed by atoms with Crippen LogP contribution in [0, 0.1) is 0 Å². The van der Waals surface area contributed by atoms with E-state index < -0.39 is 0 Å². The van der Waals surface area contributed by atoms with Crippen LogP contribution < -0.4 is 4.74 Å². The normalized spacial score (nSPS) is 17.7. The predicted molar refractivity (Wildman–Crippen MR) is 95.5 cm³/mol. The Kier molecular flexibility index (Phi) is 4.74. The van der Waals surface area contributed by atoms with Gasteiger partial charge >= 0.3 is 0 Å². The summed E-state index contributed by atoms with van der Waals surface area (Å²) >= 11 is 0. The van der Waals surface area contributed by atoms with Gasteiger partial charge in [0.2, 0.25) is 11.7 Å². The molecule has 0 N–H and O–H groups in total. The van der Waals surface area contributed by atoms with Crippen molar-refractivity contribution in [1.82, 2.24) is 15.0 Å². The first-order valence-electron chi connectivity index (χ1n) is 8.68. The van der Waals surface area contributed by atoms with E-state index in [1.54, 1.807) is 0 Å². The van der Waals surface area contributed by atoms with Crippen LogP contribution in [0.4, 0.5) is 0 Å². The monoisotopic (exact) mass is 335 g/mol. The standard InChI is InChI=1S/C20H21N3O2/c1-3-7-16(8-4-1)19-21-20(25-22-19)17-11-12-23(15-17)13-14-24-18-9-5-2-6-10-18/h1-10,17H,11-15H2/t17-/m0/s1. The predicted octanol–water partition coefficient (Wildman–Crippen LogP) is 3.60. The van der Waals surface area contributed by atoms with E-state index in [0.29, 0.717) is 18.3 Å². The van der Waals surface area contributed by atoms with E-state index in [2.05, 4.69) is 15.0 Å². The van der Waals surface area contributed by atoms with Crippen LogP contribution in [0.1, 0.15) is 18.2 Å². The highest BCUT2D eigenvalue weighted by molar-refractivity contribution is 5.53. The van der Waals surface area contributed by atoms with Gasteiger partial charge in [0.25, 0.3) is 0 Å². The molecule has 1 aliphatic heterocycles. The third-order valence-corrected chi connectivity index (χ3v) is 4.51. The largest absolute Gasteiger partial charge is 0.492 e. The first-order valence-corrected chi connectivity index (χ1v) is 8.68. The van der Waals surface area contributed by atoms with E-state index in [9.17, 15) is 0 Å². The SMILES string of the molecule is c1ccc(OCCN2CC[C@H](c3nc(-c4ccccc4)no3)C2)cc1. The van der Waals surface area contributed by atoms with Gasteiger partial charge in [-0.25, -0.2) is 0 Å². The van der Waals surface area contributed by atoms with Crippen LogP contribution in [0.3, 0.4) is 0 Å². The second-order valence-electron chi connectivity index (χ2n) is 6.27. The number of para-hydroxylation sites is 1. The van der Waals surface area contributed by atoms with E-state index in [1.165, 1.54) is 0 Å². The van der Waals surface area contributed by atoms with Crippen LogP contribution in [0.25, 0.3) is 11.4 Å². The van der Waals surface area contributed by atoms with Crippen molar-refractivity contribution in [2.75, 3.05) is 26.2 Å². The van der Waals surface area contributed by atoms with Gasteiger partial charge in [0.15, 0.2) is 0 Å². The van der Waals surface area contributed by atoms with Crippen LogP contribution in [-0.2, 0) is 0 Å². The molecule has 2 aromatic carbocycles. The quantitative estimate of drug-likeness (QED) is 0.689. The molecule has 3 aromatic rings. The Hall–Kier alpha value is -2.66. The Bertz CT molecular complexity index is 789. The van der Waals surface area contributed by atoms with Crippen molar-refractivity contribution >= 4 is 0 Å². The summed E-state index contributed by atoms with van der Waals surface area (Å²) in [5.41, 5.74) is 0.989. The van der Waals surface area contributed by atoms with Crippen molar-refractivity contribution in [3.05, 3.63) is 66.6 Å². The number of hydrogen-bond acceptors (Lipinski definition) is 5. The average Bonchev–Trinajstić information content (AvgIpc) is 3.33. The number of benzene rings is 2. The van der Waals surface area contributed by atoms with Gasteiger partial charge in [0.1, 0.15) is 12.4 Å². The van der Waals surface area contributed by atoms with E-state index in [1.807, 2.05) is 60.7 Å². The zero-order valence-electron chi connectivity index (χ0n) is 14.0. The van der Waals surface area contributed by atoms with Crippen LogP contribution >= 0.6 is 0 Å². The number of aromatic nitrogens is 2. The van der Waals surface area contributed by atoms with E-state index in [4.69, 9.17) is 9.26 Å². The lowest BCUT2D eigenvalue weighted by Crippen LogP contribution is -2.26. The maximum absolute atomic E-state index is 5.78. The Balaban J connectivity index is 1.30. The highest BCUT2D eigenvalue weighted by atomic mass is 16.5. The van der Waals surface area contributed by atoms with Crippen LogP contribution in [0.5, 0.6) is 5.75 Å². The molecule has 1 aromatic heterocycles. The molecular formula is C20H21N3O2. The molecule has 5 heteroatoms. The third kappa shape index (κ3) is 3.88. The highest BCUT2D eigenvalue weighted by Crippen LogP contribution is 2.27. The Morgan fingerprint density at radius 3 is 2.60 bits per heavy atom. The minimum absolute atomic E-state index is 0.307. The number of ether oxygens (including phenoxy) is 1. The molecule has 2 heterocycles. The van der Waals surface area contributed by atoms with Crippen LogP contribution in [0.15, 0.2) is 65.2 Å². The van der Waals surface area contributed by atoms with Gasteiger partial charge < -0.3 is 9.26 Å². The van der Waals surface area contributed by atoms with Crippen molar-refractivity contribution in [1.29, 1.82) is 0 Å². The van der Waals surface area contributed by atoms with E-state index in [0.717, 1.165) is 43.3 Å². The lowest BCUT2D eigenvalue weighted by Gasteiger charge is -2.15. The summed E-state index contributed by atoms with van der Waals surface area (Å²) in [5, 5.41) is 4.13. The third-order valence-electron chi connectivity index (χ3n) is 4.51. The zero-order chi connectivity index (χ0) is 16.9. The summed E-state index contributed by atoms with van der Waals surface area (Å²) in [5.74, 6) is 2.64. The molecule has 25 heavy (non-hydrogen) atoms. The minimum Gasteiger partial charge on any atom is -0.492 e. The lowest BCUT2D eigenvalue weighted by molar-refractivity contribution is 0.233. The van der Waals surface area contributed by atoms with Crippen molar-refractivity contribution in [3.63, 3.8) is 0 Å². The van der Waals surface area contributed by atoms with E-state index in [-0.39, 0.29) is 0 Å².